The summed E-state index contributed by atoms with van der Waals surface area (Å²) in [6.07, 6.45) is 0.490. The predicted octanol–water partition coefficient (Wildman–Crippen LogP) is 2.11. The van der Waals surface area contributed by atoms with Crippen molar-refractivity contribution in [2.75, 3.05) is 0 Å². The zero-order valence-corrected chi connectivity index (χ0v) is 11.8. The van der Waals surface area contributed by atoms with E-state index in [2.05, 4.69) is 10.5 Å². The predicted molar refractivity (Wildman–Crippen MR) is 75.9 cm³/mol. The Labute approximate surface area is 121 Å². The topological polar surface area (TPSA) is 92.4 Å². The minimum atomic E-state index is -1.10. The van der Waals surface area contributed by atoms with Crippen LogP contribution in [-0.2, 0) is 11.2 Å². The SMILES string of the molecule is CCc1onc(-c2ccccc2)c1C(=O)N[C@H](C)C(=O)O. The number of aromatic nitrogens is 1. The third kappa shape index (κ3) is 3.10. The minimum Gasteiger partial charge on any atom is -0.480 e. The first-order chi connectivity index (χ1) is 10.0. The minimum absolute atomic E-state index is 0.289. The van der Waals surface area contributed by atoms with Crippen molar-refractivity contribution < 1.29 is 19.2 Å². The van der Waals surface area contributed by atoms with Crippen LogP contribution in [0.3, 0.4) is 0 Å². The molecular weight excluding hydrogens is 272 g/mol. The fraction of sp³-hybridized carbons (Fsp3) is 0.267. The molecule has 21 heavy (non-hydrogen) atoms. The van der Waals surface area contributed by atoms with Crippen LogP contribution in [0.15, 0.2) is 34.9 Å². The number of benzene rings is 1. The van der Waals surface area contributed by atoms with Gasteiger partial charge in [-0.15, -0.1) is 0 Å². The standard InChI is InChI=1S/C15H16N2O4/c1-3-11-12(14(18)16-9(2)15(19)20)13(17-21-11)10-7-5-4-6-8-10/h4-9H,3H2,1-2H3,(H,16,18)(H,19,20)/t9-/m1/s1. The summed E-state index contributed by atoms with van der Waals surface area (Å²) in [5.74, 6) is -1.16. The molecule has 1 heterocycles. The smallest absolute Gasteiger partial charge is 0.325 e. The average Bonchev–Trinajstić information content (AvgIpc) is 2.91. The molecule has 1 atom stereocenters. The molecule has 0 fully saturated rings. The third-order valence-electron chi connectivity index (χ3n) is 3.08. The summed E-state index contributed by atoms with van der Waals surface area (Å²) in [6.45, 7) is 3.24. The molecule has 0 aliphatic carbocycles. The van der Waals surface area contributed by atoms with Gasteiger partial charge in [-0.05, 0) is 6.92 Å². The quantitative estimate of drug-likeness (QED) is 0.879. The lowest BCUT2D eigenvalue weighted by molar-refractivity contribution is -0.138. The van der Waals surface area contributed by atoms with E-state index in [-0.39, 0.29) is 5.56 Å². The summed E-state index contributed by atoms with van der Waals surface area (Å²) < 4.78 is 5.20. The van der Waals surface area contributed by atoms with Gasteiger partial charge in [-0.3, -0.25) is 9.59 Å². The van der Waals surface area contributed by atoms with Gasteiger partial charge in [0.2, 0.25) is 0 Å². The first-order valence-electron chi connectivity index (χ1n) is 6.62. The highest BCUT2D eigenvalue weighted by Gasteiger charge is 2.25. The molecule has 6 heteroatoms. The van der Waals surface area contributed by atoms with Crippen molar-refractivity contribution in [2.24, 2.45) is 0 Å². The van der Waals surface area contributed by atoms with E-state index < -0.39 is 17.9 Å². The molecule has 0 unspecified atom stereocenters. The van der Waals surface area contributed by atoms with Crippen LogP contribution in [0.4, 0.5) is 0 Å². The number of carboxylic acid groups (broad SMARTS) is 1. The van der Waals surface area contributed by atoms with Crippen LogP contribution in [-0.4, -0.2) is 28.2 Å². The Kier molecular flexibility index (Phi) is 4.37. The van der Waals surface area contributed by atoms with Crippen molar-refractivity contribution in [2.45, 2.75) is 26.3 Å². The number of rotatable bonds is 5. The van der Waals surface area contributed by atoms with Gasteiger partial charge in [0, 0.05) is 12.0 Å². The normalized spacial score (nSPS) is 11.9. The number of nitrogens with one attached hydrogen (secondary N) is 1. The molecule has 6 nitrogen and oxygen atoms in total. The summed E-state index contributed by atoms with van der Waals surface area (Å²) in [7, 11) is 0. The summed E-state index contributed by atoms with van der Waals surface area (Å²) in [5.41, 5.74) is 1.45. The van der Waals surface area contributed by atoms with E-state index in [4.69, 9.17) is 9.63 Å². The van der Waals surface area contributed by atoms with Gasteiger partial charge in [0.1, 0.15) is 23.1 Å². The zero-order valence-electron chi connectivity index (χ0n) is 11.8. The van der Waals surface area contributed by atoms with Crippen LogP contribution in [0.25, 0.3) is 11.3 Å². The molecule has 0 spiro atoms. The zero-order chi connectivity index (χ0) is 15.4. The maximum Gasteiger partial charge on any atom is 0.325 e. The Balaban J connectivity index is 2.40. The highest BCUT2D eigenvalue weighted by Crippen LogP contribution is 2.25. The molecule has 0 radical (unpaired) electrons. The fourth-order valence-electron chi connectivity index (χ4n) is 1.92. The van der Waals surface area contributed by atoms with Crippen molar-refractivity contribution >= 4 is 11.9 Å². The highest BCUT2D eigenvalue weighted by molar-refractivity contribution is 6.02. The maximum atomic E-state index is 12.3. The molecule has 2 N–H and O–H groups in total. The lowest BCUT2D eigenvalue weighted by atomic mass is 10.0. The third-order valence-corrected chi connectivity index (χ3v) is 3.08. The summed E-state index contributed by atoms with van der Waals surface area (Å²) in [6, 6.07) is 8.16. The monoisotopic (exact) mass is 288 g/mol. The maximum absolute atomic E-state index is 12.3. The van der Waals surface area contributed by atoms with E-state index in [0.717, 1.165) is 5.56 Å². The summed E-state index contributed by atoms with van der Waals surface area (Å²) in [5, 5.41) is 15.3. The van der Waals surface area contributed by atoms with Crippen LogP contribution in [0.5, 0.6) is 0 Å². The van der Waals surface area contributed by atoms with E-state index >= 15 is 0 Å². The van der Waals surface area contributed by atoms with Crippen LogP contribution in [0.2, 0.25) is 0 Å². The molecule has 1 amide bonds. The number of carbonyl (C=O) groups is 2. The summed E-state index contributed by atoms with van der Waals surface area (Å²) >= 11 is 0. The molecule has 0 aliphatic heterocycles. The molecule has 2 aromatic rings. The molecular formula is C15H16N2O4. The number of amides is 1. The first-order valence-corrected chi connectivity index (χ1v) is 6.62. The van der Waals surface area contributed by atoms with Crippen molar-refractivity contribution in [1.82, 2.24) is 10.5 Å². The van der Waals surface area contributed by atoms with Crippen molar-refractivity contribution in [3.8, 4) is 11.3 Å². The molecule has 0 saturated carbocycles. The Morgan fingerprint density at radius 3 is 2.57 bits per heavy atom. The van der Waals surface area contributed by atoms with Gasteiger partial charge in [0.05, 0.1) is 0 Å². The van der Waals surface area contributed by atoms with E-state index in [1.807, 2.05) is 37.3 Å². The van der Waals surface area contributed by atoms with Gasteiger partial charge < -0.3 is 14.9 Å². The van der Waals surface area contributed by atoms with Crippen molar-refractivity contribution in [3.63, 3.8) is 0 Å². The van der Waals surface area contributed by atoms with Gasteiger partial charge in [-0.1, -0.05) is 42.4 Å². The Hall–Kier alpha value is -2.63. The van der Waals surface area contributed by atoms with Crippen molar-refractivity contribution in [1.29, 1.82) is 0 Å². The number of carbonyl (C=O) groups excluding carboxylic acids is 1. The van der Waals surface area contributed by atoms with Gasteiger partial charge in [-0.2, -0.15) is 0 Å². The van der Waals surface area contributed by atoms with Gasteiger partial charge in [0.25, 0.3) is 5.91 Å². The number of carboxylic acids is 1. The number of hydrogen-bond acceptors (Lipinski definition) is 4. The van der Waals surface area contributed by atoms with Crippen LogP contribution in [0, 0.1) is 0 Å². The molecule has 1 aromatic carbocycles. The second-order valence-electron chi connectivity index (χ2n) is 4.58. The van der Waals surface area contributed by atoms with Gasteiger partial charge in [0.15, 0.2) is 0 Å². The van der Waals surface area contributed by atoms with Crippen LogP contribution < -0.4 is 5.32 Å². The average molecular weight is 288 g/mol. The van der Waals surface area contributed by atoms with Gasteiger partial charge >= 0.3 is 5.97 Å². The molecule has 110 valence electrons. The molecule has 0 bridgehead atoms. The Morgan fingerprint density at radius 2 is 2.00 bits per heavy atom. The summed E-state index contributed by atoms with van der Waals surface area (Å²) in [4.78, 5) is 23.2. The van der Waals surface area contributed by atoms with Crippen molar-refractivity contribution in [3.05, 3.63) is 41.7 Å². The molecule has 1 aromatic heterocycles. The highest BCUT2D eigenvalue weighted by atomic mass is 16.5. The number of aryl methyl sites for hydroxylation is 1. The van der Waals surface area contributed by atoms with E-state index in [0.29, 0.717) is 17.9 Å². The largest absolute Gasteiger partial charge is 0.480 e. The molecule has 0 saturated heterocycles. The first kappa shape index (κ1) is 14.8. The van der Waals surface area contributed by atoms with E-state index in [9.17, 15) is 9.59 Å². The van der Waals surface area contributed by atoms with Crippen LogP contribution >= 0.6 is 0 Å². The second-order valence-corrected chi connectivity index (χ2v) is 4.58. The Morgan fingerprint density at radius 1 is 1.33 bits per heavy atom. The van der Waals surface area contributed by atoms with Gasteiger partial charge in [-0.25, -0.2) is 0 Å². The second kappa shape index (κ2) is 6.21. The number of aliphatic carboxylic acids is 1. The number of nitrogens with zero attached hydrogens (tertiary/aromatic N) is 1. The lowest BCUT2D eigenvalue weighted by Gasteiger charge is -2.09. The van der Waals surface area contributed by atoms with E-state index in [1.54, 1.807) is 0 Å². The van der Waals surface area contributed by atoms with Crippen LogP contribution in [0.1, 0.15) is 30.0 Å². The molecule has 2 rings (SSSR count). The van der Waals surface area contributed by atoms with E-state index in [1.165, 1.54) is 6.92 Å². The lowest BCUT2D eigenvalue weighted by Crippen LogP contribution is -2.38. The fourth-order valence-corrected chi connectivity index (χ4v) is 1.92. The number of hydrogen-bond donors (Lipinski definition) is 2. The molecule has 0 aliphatic rings. The Bertz CT molecular complexity index is 649.